The monoisotopic (exact) mass is 577 g/mol. The summed E-state index contributed by atoms with van der Waals surface area (Å²) in [6.45, 7) is 1.52. The van der Waals surface area contributed by atoms with E-state index in [9.17, 15) is 19.2 Å². The molecule has 2 saturated heterocycles. The highest BCUT2D eigenvalue weighted by atomic mass is 16.5. The first-order chi connectivity index (χ1) is 20.9. The highest BCUT2D eigenvalue weighted by Crippen LogP contribution is 2.40. The van der Waals surface area contributed by atoms with E-state index in [1.54, 1.807) is 24.3 Å². The van der Waals surface area contributed by atoms with Crippen molar-refractivity contribution in [3.8, 4) is 11.3 Å². The molecule has 2 aliphatic rings. The van der Waals surface area contributed by atoms with E-state index >= 15 is 0 Å². The molecule has 2 fully saturated rings. The van der Waals surface area contributed by atoms with Crippen LogP contribution < -0.4 is 15.8 Å². The third-order valence-electron chi connectivity index (χ3n) is 8.28. The van der Waals surface area contributed by atoms with Crippen LogP contribution in [0.2, 0.25) is 0 Å². The number of aromatic nitrogens is 1. The lowest BCUT2D eigenvalue weighted by atomic mass is 9.77. The molecule has 4 aromatic rings. The molecule has 0 atom stereocenters. The second kappa shape index (κ2) is 11.7. The number of nitrogens with zero attached hydrogens (tertiary/aromatic N) is 3. The van der Waals surface area contributed by atoms with Crippen molar-refractivity contribution in [3.63, 3.8) is 0 Å². The Labute approximate surface area is 248 Å². The maximum atomic E-state index is 14.3. The number of hydrogen-bond donors (Lipinski definition) is 2. The molecule has 1 spiro atoms. The lowest BCUT2D eigenvalue weighted by Crippen LogP contribution is -2.47. The van der Waals surface area contributed by atoms with Gasteiger partial charge in [-0.25, -0.2) is 9.78 Å². The van der Waals surface area contributed by atoms with Crippen molar-refractivity contribution < 1.29 is 23.9 Å². The van der Waals surface area contributed by atoms with Crippen LogP contribution in [0, 0.1) is 5.41 Å². The number of rotatable bonds is 5. The largest absolute Gasteiger partial charge is 0.451 e. The molecule has 3 heterocycles. The summed E-state index contributed by atoms with van der Waals surface area (Å²) >= 11 is 0. The highest BCUT2D eigenvalue weighted by Gasteiger charge is 2.48. The fourth-order valence-electron chi connectivity index (χ4n) is 6.00. The smallest absolute Gasteiger partial charge is 0.433 e. The van der Waals surface area contributed by atoms with Crippen LogP contribution in [0.1, 0.15) is 35.2 Å². The van der Waals surface area contributed by atoms with Crippen LogP contribution in [0.15, 0.2) is 84.9 Å². The van der Waals surface area contributed by atoms with Crippen molar-refractivity contribution in [2.75, 3.05) is 25.2 Å². The van der Waals surface area contributed by atoms with Crippen LogP contribution in [-0.2, 0) is 20.9 Å². The van der Waals surface area contributed by atoms with Gasteiger partial charge < -0.3 is 4.74 Å². The second-order valence-electron chi connectivity index (χ2n) is 10.9. The number of carbonyl (C=O) groups is 4. The zero-order chi connectivity index (χ0) is 30.0. The molecular weight excluding hydrogens is 546 g/mol. The molecule has 2 aliphatic heterocycles. The van der Waals surface area contributed by atoms with Gasteiger partial charge in [0.25, 0.3) is 5.91 Å². The minimum Gasteiger partial charge on any atom is -0.451 e. The molecule has 43 heavy (non-hydrogen) atoms. The quantitative estimate of drug-likeness (QED) is 0.266. The third-order valence-corrected chi connectivity index (χ3v) is 8.28. The Kier molecular flexibility index (Phi) is 7.60. The summed E-state index contributed by atoms with van der Waals surface area (Å²) < 4.78 is 4.99. The zero-order valence-electron chi connectivity index (χ0n) is 23.7. The van der Waals surface area contributed by atoms with E-state index < -0.39 is 17.4 Å². The number of imide groups is 1. The number of pyridine rings is 1. The summed E-state index contributed by atoms with van der Waals surface area (Å²) in [5.74, 6) is -0.913. The van der Waals surface area contributed by atoms with E-state index in [1.807, 2.05) is 60.7 Å². The van der Waals surface area contributed by atoms with Crippen molar-refractivity contribution in [1.82, 2.24) is 20.6 Å². The summed E-state index contributed by atoms with van der Waals surface area (Å²) in [6.07, 6.45) is 0.548. The van der Waals surface area contributed by atoms with Crippen LogP contribution >= 0.6 is 0 Å². The van der Waals surface area contributed by atoms with Gasteiger partial charge in [-0.1, -0.05) is 66.7 Å². The van der Waals surface area contributed by atoms with E-state index in [4.69, 9.17) is 9.72 Å². The highest BCUT2D eigenvalue weighted by molar-refractivity contribution is 6.11. The number of ether oxygens (including phenoxy) is 1. The molecule has 10 heteroatoms. The number of para-hydroxylation sites is 2. The molecule has 0 saturated carbocycles. The fourth-order valence-corrected chi connectivity index (χ4v) is 6.00. The first-order valence-corrected chi connectivity index (χ1v) is 14.2. The van der Waals surface area contributed by atoms with E-state index in [0.717, 1.165) is 10.6 Å². The molecule has 6 rings (SSSR count). The van der Waals surface area contributed by atoms with E-state index in [2.05, 4.69) is 15.6 Å². The standard InChI is InChI=1S/C33H31N5O5/c1-43-32(42)38(23-12-6-3-7-13-23)36-30(40)28-24-14-8-9-15-26(24)34-29(22-10-4-2-5-11-22)25(28)21-37-18-16-33(17-19-37)20-27(39)35-31(33)41/h2-15H,16-21H2,1H3,(H,36,40)(H,35,39,41). The van der Waals surface area contributed by atoms with Gasteiger partial charge in [-0.2, -0.15) is 5.01 Å². The van der Waals surface area contributed by atoms with E-state index in [-0.39, 0.29) is 18.2 Å². The second-order valence-corrected chi connectivity index (χ2v) is 10.9. The van der Waals surface area contributed by atoms with Crippen LogP contribution in [0.5, 0.6) is 0 Å². The number of hydrogen-bond acceptors (Lipinski definition) is 7. The molecule has 0 radical (unpaired) electrons. The van der Waals surface area contributed by atoms with E-state index in [1.165, 1.54) is 7.11 Å². The van der Waals surface area contributed by atoms with Crippen LogP contribution in [-0.4, -0.2) is 53.9 Å². The minimum absolute atomic E-state index is 0.196. The number of nitrogens with one attached hydrogen (secondary N) is 2. The Morgan fingerprint density at radius 3 is 2.26 bits per heavy atom. The van der Waals surface area contributed by atoms with Crippen LogP contribution in [0.4, 0.5) is 10.5 Å². The molecule has 0 aliphatic carbocycles. The molecule has 0 unspecified atom stereocenters. The van der Waals surface area contributed by atoms with Crippen LogP contribution in [0.25, 0.3) is 22.2 Å². The number of amides is 4. The van der Waals surface area contributed by atoms with Crippen molar-refractivity contribution >= 4 is 40.4 Å². The average molecular weight is 578 g/mol. The summed E-state index contributed by atoms with van der Waals surface area (Å²) in [7, 11) is 1.26. The van der Waals surface area contributed by atoms with E-state index in [0.29, 0.717) is 65.9 Å². The van der Waals surface area contributed by atoms with Gasteiger partial charge in [0, 0.05) is 29.5 Å². The normalized spacial score (nSPS) is 16.2. The number of likely N-dealkylation sites (tertiary alicyclic amines) is 1. The zero-order valence-corrected chi connectivity index (χ0v) is 23.7. The van der Waals surface area contributed by atoms with Crippen molar-refractivity contribution in [2.24, 2.45) is 5.41 Å². The topological polar surface area (TPSA) is 121 Å². The Balaban J connectivity index is 1.43. The number of anilines is 1. The SMILES string of the molecule is COC(=O)N(NC(=O)c1c(CN2CCC3(CC2)CC(=O)NC3=O)c(-c2ccccc2)nc2ccccc12)c1ccccc1. The van der Waals surface area contributed by atoms with Gasteiger partial charge in [-0.05, 0) is 44.1 Å². The van der Waals surface area contributed by atoms with Gasteiger partial charge in [0.2, 0.25) is 11.8 Å². The molecule has 3 aromatic carbocycles. The molecule has 218 valence electrons. The summed E-state index contributed by atoms with van der Waals surface area (Å²) in [5, 5.41) is 4.19. The number of carbonyl (C=O) groups excluding carboxylic acids is 4. The predicted octanol–water partition coefficient (Wildman–Crippen LogP) is 4.45. The molecular formula is C33H31N5O5. The Morgan fingerprint density at radius 2 is 1.60 bits per heavy atom. The maximum absolute atomic E-state index is 14.3. The van der Waals surface area contributed by atoms with Gasteiger partial charge >= 0.3 is 6.09 Å². The number of piperidine rings is 1. The summed E-state index contributed by atoms with van der Waals surface area (Å²) in [6, 6.07) is 25.8. The Hall–Kier alpha value is -5.09. The van der Waals surface area contributed by atoms with Crippen molar-refractivity contribution in [2.45, 2.75) is 25.8 Å². The van der Waals surface area contributed by atoms with Crippen molar-refractivity contribution in [3.05, 3.63) is 96.1 Å². The third kappa shape index (κ3) is 5.44. The first kappa shape index (κ1) is 28.0. The van der Waals surface area contributed by atoms with Gasteiger partial charge in [-0.15, -0.1) is 0 Å². The first-order valence-electron chi connectivity index (χ1n) is 14.2. The summed E-state index contributed by atoms with van der Waals surface area (Å²) in [4.78, 5) is 58.9. The molecule has 10 nitrogen and oxygen atoms in total. The van der Waals surface area contributed by atoms with Gasteiger partial charge in [0.1, 0.15) is 0 Å². The molecule has 0 bridgehead atoms. The lowest BCUT2D eigenvalue weighted by Gasteiger charge is -2.37. The fraction of sp³-hybridized carbons (Fsp3) is 0.242. The Morgan fingerprint density at radius 1 is 0.953 bits per heavy atom. The minimum atomic E-state index is -0.742. The number of benzene rings is 3. The maximum Gasteiger partial charge on any atom is 0.433 e. The van der Waals surface area contributed by atoms with Gasteiger partial charge in [0.15, 0.2) is 0 Å². The number of fused-ring (bicyclic) bond motifs is 1. The number of methoxy groups -OCH3 is 1. The predicted molar refractivity (Wildman–Crippen MR) is 161 cm³/mol. The van der Waals surface area contributed by atoms with Gasteiger partial charge in [0.05, 0.1) is 35.0 Å². The molecule has 4 amide bonds. The van der Waals surface area contributed by atoms with Crippen molar-refractivity contribution in [1.29, 1.82) is 0 Å². The average Bonchev–Trinajstić information content (AvgIpc) is 3.32. The van der Waals surface area contributed by atoms with Gasteiger partial charge in [-0.3, -0.25) is 30.0 Å². The molecule has 2 N–H and O–H groups in total. The molecule has 1 aromatic heterocycles. The number of hydrazine groups is 1. The van der Waals surface area contributed by atoms with Crippen LogP contribution in [0.3, 0.4) is 0 Å². The summed E-state index contributed by atoms with van der Waals surface area (Å²) in [5.41, 5.74) is 5.78. The lowest BCUT2D eigenvalue weighted by molar-refractivity contribution is -0.130. The Bertz CT molecular complexity index is 1700.